The van der Waals surface area contributed by atoms with Crippen molar-refractivity contribution in [1.82, 2.24) is 18.3 Å². The van der Waals surface area contributed by atoms with Gasteiger partial charge in [0.15, 0.2) is 0 Å². The maximum absolute atomic E-state index is 2.41. The zero-order valence-electron chi connectivity index (χ0n) is 54.7. The van der Waals surface area contributed by atoms with Gasteiger partial charge in [0, 0.05) is 65.8 Å². The van der Waals surface area contributed by atoms with Crippen LogP contribution in [0, 0.1) is 0 Å². The van der Waals surface area contributed by atoms with Crippen molar-refractivity contribution < 1.29 is 0 Å². The van der Waals surface area contributed by atoms with Crippen LogP contribution in [0.3, 0.4) is 0 Å². The number of fused-ring (bicyclic) bond motifs is 12. The topological polar surface area (TPSA) is 19.7 Å². The lowest BCUT2D eigenvalue weighted by atomic mass is 9.99. The van der Waals surface area contributed by atoms with Crippen LogP contribution in [0.4, 0.5) is 0 Å². The zero-order valence-corrected chi connectivity index (χ0v) is 54.7. The van der Waals surface area contributed by atoms with Crippen LogP contribution in [0.25, 0.3) is 177 Å². The molecule has 20 aromatic rings. The monoisotopic (exact) mass is 1270 g/mol. The first-order valence-electron chi connectivity index (χ1n) is 34.4. The van der Waals surface area contributed by atoms with E-state index in [9.17, 15) is 0 Å². The van der Waals surface area contributed by atoms with Gasteiger partial charge in [-0.2, -0.15) is 0 Å². The maximum Gasteiger partial charge on any atom is 0.0547 e. The number of rotatable bonds is 10. The third kappa shape index (κ3) is 10.1. The number of hydrogen-bond donors (Lipinski definition) is 0. The highest BCUT2D eigenvalue weighted by molar-refractivity contribution is 6.15. The molecule has 0 amide bonds. The predicted molar refractivity (Wildman–Crippen MR) is 423 cm³/mol. The van der Waals surface area contributed by atoms with E-state index >= 15 is 0 Å². The van der Waals surface area contributed by atoms with Crippen molar-refractivity contribution >= 4 is 87.2 Å². The average Bonchev–Trinajstić information content (AvgIpc) is 1.61. The first kappa shape index (κ1) is 58.1. The molecule has 0 radical (unpaired) electrons. The second-order valence-corrected chi connectivity index (χ2v) is 26.0. The van der Waals surface area contributed by atoms with Crippen LogP contribution >= 0.6 is 0 Å². The molecule has 4 aromatic heterocycles. The van der Waals surface area contributed by atoms with Gasteiger partial charge in [-0.15, -0.1) is 0 Å². The van der Waals surface area contributed by atoms with Gasteiger partial charge in [0.25, 0.3) is 0 Å². The molecule has 0 atom stereocenters. The van der Waals surface area contributed by atoms with E-state index < -0.39 is 0 Å². The van der Waals surface area contributed by atoms with Crippen molar-refractivity contribution in [3.8, 4) is 89.5 Å². The summed E-state index contributed by atoms with van der Waals surface area (Å²) in [5, 5.41) is 10.0. The van der Waals surface area contributed by atoms with Crippen LogP contribution in [-0.4, -0.2) is 18.3 Å². The summed E-state index contributed by atoms with van der Waals surface area (Å²) in [6, 6.07) is 141. The molecule has 0 spiro atoms. The van der Waals surface area contributed by atoms with Crippen LogP contribution in [-0.2, 0) is 0 Å². The lowest BCUT2D eigenvalue weighted by Crippen LogP contribution is -1.94. The zero-order chi connectivity index (χ0) is 66.0. The third-order valence-electron chi connectivity index (χ3n) is 20.3. The van der Waals surface area contributed by atoms with E-state index in [0.717, 1.165) is 17.1 Å². The summed E-state index contributed by atoms with van der Waals surface area (Å²) >= 11 is 0. The second-order valence-electron chi connectivity index (χ2n) is 26.0. The molecule has 16 aromatic carbocycles. The molecule has 20 rings (SSSR count). The molecule has 100 heavy (non-hydrogen) atoms. The Morgan fingerprint density at radius 1 is 0.110 bits per heavy atom. The minimum atomic E-state index is 1.15. The van der Waals surface area contributed by atoms with Crippen molar-refractivity contribution in [2.45, 2.75) is 0 Å². The first-order valence-corrected chi connectivity index (χ1v) is 34.4. The highest BCUT2D eigenvalue weighted by Gasteiger charge is 2.20. The summed E-state index contributed by atoms with van der Waals surface area (Å²) in [5.74, 6) is 0. The van der Waals surface area contributed by atoms with E-state index in [1.165, 1.54) is 160 Å². The van der Waals surface area contributed by atoms with E-state index in [4.69, 9.17) is 0 Å². The summed E-state index contributed by atoms with van der Waals surface area (Å²) < 4.78 is 9.60. The largest absolute Gasteiger partial charge is 0.309 e. The number of nitrogens with zero attached hydrogens (tertiary/aromatic N) is 4. The summed E-state index contributed by atoms with van der Waals surface area (Å²) in [5.41, 5.74) is 28.9. The molecule has 0 aliphatic heterocycles. The maximum atomic E-state index is 2.41. The fourth-order valence-electron chi connectivity index (χ4n) is 15.5. The quantitative estimate of drug-likeness (QED) is 0.130. The first-order chi connectivity index (χ1) is 49.6. The number of benzene rings is 16. The molecule has 0 N–H and O–H groups in total. The SMILES string of the molecule is c1ccc(-c2ccc(-n3c4ccc(-c5ccccc5)cc4c4cc(-c5ccc6c7ccccc7n(-c7ccccc7)c6c5)ccc43)cc2)cc1.c1ccc(-c2ccc(-n3c4ccccc4c4cc(-c5ccc6c(c5)c5ccc(-c7ccccc7)cc5n6-c5ccccc5)ccc43)cc2)cc1. The number of hydrogen-bond acceptors (Lipinski definition) is 0. The van der Waals surface area contributed by atoms with Gasteiger partial charge < -0.3 is 18.3 Å². The van der Waals surface area contributed by atoms with Crippen molar-refractivity contribution in [1.29, 1.82) is 0 Å². The van der Waals surface area contributed by atoms with Gasteiger partial charge >= 0.3 is 0 Å². The van der Waals surface area contributed by atoms with E-state index in [0.29, 0.717) is 0 Å². The standard InChI is InChI=1S/2C48H32N2/c1-4-12-33(13-5-1)35-20-25-40(26-21-35)49-45-19-11-10-18-41(45)43-30-36(23-28-46(43)49)37-24-29-47-44(31-37)42-27-22-38(34-14-6-2-7-15-34)32-48(42)50(47)39-16-8-3-9-17-39;1-4-12-33(13-5-1)35-20-25-40(26-21-35)49-46-28-23-36(34-14-6-2-7-15-34)30-43(46)44-31-37(24-29-47(44)49)38-22-27-42-41-18-10-11-19-45(41)50(48(42)32-38)39-16-8-3-9-17-39/h2*1-32H. The van der Waals surface area contributed by atoms with E-state index in [1.807, 2.05) is 0 Å². The minimum absolute atomic E-state index is 1.15. The van der Waals surface area contributed by atoms with Crippen molar-refractivity contribution in [2.75, 3.05) is 0 Å². The van der Waals surface area contributed by atoms with Crippen LogP contribution in [0.15, 0.2) is 388 Å². The van der Waals surface area contributed by atoms with Crippen molar-refractivity contribution in [3.63, 3.8) is 0 Å². The highest BCUT2D eigenvalue weighted by Crippen LogP contribution is 2.43. The highest BCUT2D eigenvalue weighted by atomic mass is 15.0. The molecule has 4 heterocycles. The van der Waals surface area contributed by atoms with Gasteiger partial charge in [0.05, 0.1) is 44.1 Å². The lowest BCUT2D eigenvalue weighted by Gasteiger charge is -2.11. The summed E-state index contributed by atoms with van der Waals surface area (Å²) in [6.45, 7) is 0. The molecule has 0 aliphatic carbocycles. The smallest absolute Gasteiger partial charge is 0.0547 e. The van der Waals surface area contributed by atoms with Crippen LogP contribution in [0.5, 0.6) is 0 Å². The normalized spacial score (nSPS) is 11.6. The Morgan fingerprint density at radius 3 is 0.680 bits per heavy atom. The second kappa shape index (κ2) is 24.4. The Bertz CT molecular complexity index is 6440. The molecule has 4 heteroatoms. The molecule has 0 saturated heterocycles. The van der Waals surface area contributed by atoms with Gasteiger partial charge in [0.1, 0.15) is 0 Å². The number of para-hydroxylation sites is 4. The van der Waals surface area contributed by atoms with Gasteiger partial charge in [-0.3, -0.25) is 0 Å². The third-order valence-corrected chi connectivity index (χ3v) is 20.3. The Kier molecular flexibility index (Phi) is 14.2. The summed E-state index contributed by atoms with van der Waals surface area (Å²) in [4.78, 5) is 0. The Labute approximate surface area is 579 Å². The Morgan fingerprint density at radius 2 is 0.310 bits per heavy atom. The van der Waals surface area contributed by atoms with E-state index in [-0.39, 0.29) is 0 Å². The van der Waals surface area contributed by atoms with Gasteiger partial charge in [0.2, 0.25) is 0 Å². The molecule has 0 saturated carbocycles. The molecule has 0 aliphatic rings. The molecule has 4 nitrogen and oxygen atoms in total. The lowest BCUT2D eigenvalue weighted by molar-refractivity contribution is 1.18. The van der Waals surface area contributed by atoms with E-state index in [1.54, 1.807) is 0 Å². The van der Waals surface area contributed by atoms with Crippen LogP contribution < -0.4 is 0 Å². The Hall–Kier alpha value is -13.3. The fourth-order valence-corrected chi connectivity index (χ4v) is 15.5. The summed E-state index contributed by atoms with van der Waals surface area (Å²) in [7, 11) is 0. The summed E-state index contributed by atoms with van der Waals surface area (Å²) in [6.07, 6.45) is 0. The Balaban J connectivity index is 0.000000139. The van der Waals surface area contributed by atoms with Gasteiger partial charge in [-0.1, -0.05) is 267 Å². The molecule has 0 unspecified atom stereocenters. The predicted octanol–water partition coefficient (Wildman–Crippen LogP) is 25.8. The molecule has 0 bridgehead atoms. The van der Waals surface area contributed by atoms with E-state index in [2.05, 4.69) is 407 Å². The molecule has 468 valence electrons. The number of aromatic nitrogens is 4. The minimum Gasteiger partial charge on any atom is -0.309 e. The van der Waals surface area contributed by atoms with Gasteiger partial charge in [-0.25, -0.2) is 0 Å². The van der Waals surface area contributed by atoms with Crippen LogP contribution in [0.1, 0.15) is 0 Å². The van der Waals surface area contributed by atoms with Crippen molar-refractivity contribution in [2.24, 2.45) is 0 Å². The fraction of sp³-hybridized carbons (Fsp3) is 0. The average molecular weight is 1270 g/mol. The van der Waals surface area contributed by atoms with Crippen LogP contribution in [0.2, 0.25) is 0 Å². The molecule has 0 fully saturated rings. The van der Waals surface area contributed by atoms with Crippen molar-refractivity contribution in [3.05, 3.63) is 388 Å². The molecular formula is C96H64N4. The van der Waals surface area contributed by atoms with Gasteiger partial charge in [-0.05, 0) is 188 Å². The molecular weight excluding hydrogens is 1210 g/mol.